The average molecular weight is 452 g/mol. The van der Waals surface area contributed by atoms with Gasteiger partial charge in [-0.15, -0.1) is 10.2 Å². The molecule has 0 unspecified atom stereocenters. The molecule has 0 bridgehead atoms. The van der Waals surface area contributed by atoms with E-state index in [1.54, 1.807) is 0 Å². The molecule has 0 saturated heterocycles. The molecule has 3 aromatic carbocycles. The van der Waals surface area contributed by atoms with Crippen LogP contribution in [0.4, 0.5) is 11.4 Å². The highest BCUT2D eigenvalue weighted by Crippen LogP contribution is 2.39. The first-order chi connectivity index (χ1) is 13.9. The van der Waals surface area contributed by atoms with E-state index < -0.39 is 37.5 Å². The maximum absolute atomic E-state index is 11.7. The molecule has 0 heterocycles. The Morgan fingerprint density at radius 2 is 1.43 bits per heavy atom. The van der Waals surface area contributed by atoms with E-state index in [9.17, 15) is 31.0 Å². The zero-order valence-corrected chi connectivity index (χ0v) is 17.0. The fourth-order valence-electron chi connectivity index (χ4n) is 2.94. The zero-order valence-electron chi connectivity index (χ0n) is 15.4. The Bertz CT molecular complexity index is 1400. The number of phenolic OH excluding ortho intramolecular Hbond substituents is 1. The molecule has 0 radical (unpaired) electrons. The molecule has 158 valence electrons. The lowest BCUT2D eigenvalue weighted by atomic mass is 10.1. The van der Waals surface area contributed by atoms with Crippen LogP contribution in [0.2, 0.25) is 0 Å². The lowest BCUT2D eigenvalue weighted by molar-refractivity contribution is 0.281. The largest absolute Gasteiger partial charge is 0.505 e. The van der Waals surface area contributed by atoms with Crippen LogP contribution < -0.4 is 0 Å². The quantitative estimate of drug-likeness (QED) is 0.337. The summed E-state index contributed by atoms with van der Waals surface area (Å²) in [5.41, 5.74) is 0.153. The van der Waals surface area contributed by atoms with Crippen molar-refractivity contribution < 1.29 is 36.2 Å². The summed E-state index contributed by atoms with van der Waals surface area (Å²) in [4.78, 5) is -0.936. The van der Waals surface area contributed by atoms with E-state index in [1.165, 1.54) is 43.3 Å². The summed E-state index contributed by atoms with van der Waals surface area (Å²) >= 11 is 0. The van der Waals surface area contributed by atoms with Crippen LogP contribution in [0.1, 0.15) is 11.1 Å². The van der Waals surface area contributed by atoms with Gasteiger partial charge in [0.25, 0.3) is 20.2 Å². The molecule has 0 spiro atoms. The lowest BCUT2D eigenvalue weighted by Gasteiger charge is -2.10. The number of aryl methyl sites for hydroxylation is 1. The predicted molar refractivity (Wildman–Crippen MR) is 107 cm³/mol. The maximum Gasteiger partial charge on any atom is 0.296 e. The Labute approximate surface area is 171 Å². The third kappa shape index (κ3) is 4.17. The Hall–Kier alpha value is -2.90. The van der Waals surface area contributed by atoms with Gasteiger partial charge in [0.15, 0.2) is 5.75 Å². The summed E-state index contributed by atoms with van der Waals surface area (Å²) in [6, 6.07) is 9.03. The molecular weight excluding hydrogens is 436 g/mol. The van der Waals surface area contributed by atoms with Crippen LogP contribution in [0.3, 0.4) is 0 Å². The van der Waals surface area contributed by atoms with Crippen molar-refractivity contribution in [1.82, 2.24) is 0 Å². The molecule has 0 aliphatic heterocycles. The number of benzene rings is 3. The summed E-state index contributed by atoms with van der Waals surface area (Å²) in [6.07, 6.45) is 0. The van der Waals surface area contributed by atoms with Crippen molar-refractivity contribution in [2.45, 2.75) is 23.3 Å². The van der Waals surface area contributed by atoms with E-state index in [4.69, 9.17) is 5.11 Å². The Balaban J connectivity index is 2.16. The summed E-state index contributed by atoms with van der Waals surface area (Å²) < 4.78 is 65.4. The molecule has 0 saturated carbocycles. The topological polar surface area (TPSA) is 174 Å². The van der Waals surface area contributed by atoms with Crippen molar-refractivity contribution in [2.24, 2.45) is 10.2 Å². The second-order valence-corrected chi connectivity index (χ2v) is 9.10. The Morgan fingerprint density at radius 3 is 2.03 bits per heavy atom. The van der Waals surface area contributed by atoms with Crippen molar-refractivity contribution in [3.63, 3.8) is 0 Å². The highest BCUT2D eigenvalue weighted by atomic mass is 32.2. The minimum absolute atomic E-state index is 0.0693. The van der Waals surface area contributed by atoms with Crippen LogP contribution >= 0.6 is 0 Å². The number of azo groups is 1. The SMILES string of the molecule is Cc1ccc2c(O)c(N=Nc3ccc(CO)cc3S(=O)(=O)O)ccc2c1S(=O)(=O)O. The fourth-order valence-corrected chi connectivity index (χ4v) is 4.54. The zero-order chi connectivity index (χ0) is 22.3. The van der Waals surface area contributed by atoms with E-state index in [2.05, 4.69) is 10.2 Å². The van der Waals surface area contributed by atoms with Crippen LogP contribution in [-0.2, 0) is 26.8 Å². The third-order valence-electron chi connectivity index (χ3n) is 4.31. The standard InChI is InChI=1S/C18H16N2O8S2/c1-10-2-4-12-13(18(10)30(26,27)28)5-7-15(17(12)22)20-19-14-6-3-11(9-21)8-16(14)29(23,24)25/h2-8,21-22H,9H2,1H3,(H,23,24,25)(H,26,27,28). The monoisotopic (exact) mass is 452 g/mol. The van der Waals surface area contributed by atoms with Gasteiger partial charge in [-0.25, -0.2) is 0 Å². The maximum atomic E-state index is 11.7. The molecule has 30 heavy (non-hydrogen) atoms. The van der Waals surface area contributed by atoms with Gasteiger partial charge >= 0.3 is 0 Å². The number of aliphatic hydroxyl groups is 1. The predicted octanol–water partition coefficient (Wildman–Crippen LogP) is 3.25. The van der Waals surface area contributed by atoms with Crippen molar-refractivity contribution >= 4 is 42.4 Å². The minimum Gasteiger partial charge on any atom is -0.505 e. The lowest BCUT2D eigenvalue weighted by Crippen LogP contribution is -2.02. The smallest absolute Gasteiger partial charge is 0.296 e. The van der Waals surface area contributed by atoms with E-state index in [0.717, 1.165) is 6.07 Å². The molecule has 0 aliphatic carbocycles. The van der Waals surface area contributed by atoms with Crippen LogP contribution in [0.5, 0.6) is 5.75 Å². The summed E-state index contributed by atoms with van der Waals surface area (Å²) in [5, 5.41) is 27.3. The Kier molecular flexibility index (Phi) is 5.62. The van der Waals surface area contributed by atoms with Gasteiger partial charge in [-0.1, -0.05) is 24.3 Å². The van der Waals surface area contributed by atoms with Gasteiger partial charge < -0.3 is 10.2 Å². The number of hydrogen-bond acceptors (Lipinski definition) is 8. The summed E-state index contributed by atoms with van der Waals surface area (Å²) in [7, 11) is -9.22. The molecule has 0 amide bonds. The molecule has 0 aromatic heterocycles. The highest BCUT2D eigenvalue weighted by Gasteiger charge is 2.20. The highest BCUT2D eigenvalue weighted by molar-refractivity contribution is 7.86. The second-order valence-electron chi connectivity index (χ2n) is 6.35. The molecule has 12 heteroatoms. The van der Waals surface area contributed by atoms with E-state index in [-0.39, 0.29) is 38.2 Å². The van der Waals surface area contributed by atoms with Gasteiger partial charge in [0.2, 0.25) is 0 Å². The van der Waals surface area contributed by atoms with Crippen LogP contribution in [0.25, 0.3) is 10.8 Å². The molecule has 0 atom stereocenters. The molecule has 0 fully saturated rings. The van der Waals surface area contributed by atoms with Crippen molar-refractivity contribution in [2.75, 3.05) is 0 Å². The molecular formula is C18H16N2O8S2. The number of fused-ring (bicyclic) bond motifs is 1. The van der Waals surface area contributed by atoms with Gasteiger partial charge in [-0.05, 0) is 36.2 Å². The molecule has 4 N–H and O–H groups in total. The number of aliphatic hydroxyl groups excluding tert-OH is 1. The number of hydrogen-bond donors (Lipinski definition) is 4. The molecule has 3 rings (SSSR count). The third-order valence-corrected chi connectivity index (χ3v) is 6.25. The van der Waals surface area contributed by atoms with Gasteiger partial charge in [0.05, 0.1) is 6.61 Å². The number of phenols is 1. The average Bonchev–Trinajstić information content (AvgIpc) is 2.65. The number of aromatic hydroxyl groups is 1. The normalized spacial score (nSPS) is 12.7. The number of nitrogens with zero attached hydrogens (tertiary/aromatic N) is 2. The Morgan fingerprint density at radius 1 is 0.833 bits per heavy atom. The van der Waals surface area contributed by atoms with Crippen LogP contribution in [0, 0.1) is 6.92 Å². The van der Waals surface area contributed by atoms with E-state index in [1.807, 2.05) is 0 Å². The molecule has 0 aliphatic rings. The van der Waals surface area contributed by atoms with Crippen LogP contribution in [-0.4, -0.2) is 36.2 Å². The summed E-state index contributed by atoms with van der Waals surface area (Å²) in [5.74, 6) is -0.443. The summed E-state index contributed by atoms with van der Waals surface area (Å²) in [6.45, 7) is 1.03. The van der Waals surface area contributed by atoms with E-state index in [0.29, 0.717) is 0 Å². The second kappa shape index (κ2) is 7.74. The van der Waals surface area contributed by atoms with E-state index >= 15 is 0 Å². The van der Waals surface area contributed by atoms with Crippen molar-refractivity contribution in [3.05, 3.63) is 53.6 Å². The van der Waals surface area contributed by atoms with Crippen molar-refractivity contribution in [3.8, 4) is 5.75 Å². The minimum atomic E-state index is -4.66. The first-order valence-electron chi connectivity index (χ1n) is 8.29. The first kappa shape index (κ1) is 21.8. The first-order valence-corrected chi connectivity index (χ1v) is 11.2. The van der Waals surface area contributed by atoms with Crippen LogP contribution in [0.15, 0.2) is 62.5 Å². The molecule has 10 nitrogen and oxygen atoms in total. The van der Waals surface area contributed by atoms with Crippen molar-refractivity contribution in [1.29, 1.82) is 0 Å². The number of rotatable bonds is 5. The van der Waals surface area contributed by atoms with Gasteiger partial charge in [0, 0.05) is 10.8 Å². The van der Waals surface area contributed by atoms with Gasteiger partial charge in [-0.2, -0.15) is 16.8 Å². The molecule has 3 aromatic rings. The van der Waals surface area contributed by atoms with Gasteiger partial charge in [-0.3, -0.25) is 9.11 Å². The fraction of sp³-hybridized carbons (Fsp3) is 0.111. The van der Waals surface area contributed by atoms with Gasteiger partial charge in [0.1, 0.15) is 21.2 Å².